The molecule has 5 heteroatoms. The molecule has 2 aromatic rings. The maximum absolute atomic E-state index is 11.9. The number of para-hydroxylation sites is 1. The highest BCUT2D eigenvalue weighted by Crippen LogP contribution is 2.24. The molecular weight excluding hydrogens is 318 g/mol. The van der Waals surface area contributed by atoms with E-state index in [0.29, 0.717) is 6.54 Å². The van der Waals surface area contributed by atoms with Gasteiger partial charge in [0.2, 0.25) is 5.91 Å². The largest absolute Gasteiger partial charge is 0.372 e. The maximum Gasteiger partial charge on any atom is 0.242 e. The average molecular weight is 336 g/mol. The van der Waals surface area contributed by atoms with Crippen molar-refractivity contribution in [2.45, 2.75) is 26.3 Å². The second kappa shape index (κ2) is 6.70. The summed E-state index contributed by atoms with van der Waals surface area (Å²) in [6, 6.07) is 7.61. The molecule has 0 aliphatic heterocycles. The van der Waals surface area contributed by atoms with E-state index in [1.54, 1.807) is 6.20 Å². The van der Waals surface area contributed by atoms with Crippen molar-refractivity contribution in [3.63, 3.8) is 0 Å². The van der Waals surface area contributed by atoms with Crippen molar-refractivity contribution in [2.24, 2.45) is 0 Å². The summed E-state index contributed by atoms with van der Waals surface area (Å²) in [5.41, 5.74) is 1.74. The second-order valence-corrected chi connectivity index (χ2v) is 5.60. The first-order chi connectivity index (χ1) is 9.61. The van der Waals surface area contributed by atoms with Gasteiger partial charge in [0.05, 0.1) is 11.2 Å². The Hall–Kier alpha value is -1.62. The molecule has 0 spiro atoms. The molecule has 2 N–H and O–H groups in total. The third-order valence-electron chi connectivity index (χ3n) is 2.99. The van der Waals surface area contributed by atoms with E-state index >= 15 is 0 Å². The Balaban J connectivity index is 2.19. The lowest BCUT2D eigenvalue weighted by atomic mass is 10.1. The smallest absolute Gasteiger partial charge is 0.242 e. The van der Waals surface area contributed by atoms with E-state index in [0.717, 1.165) is 27.5 Å². The van der Waals surface area contributed by atoms with Gasteiger partial charge in [-0.05, 0) is 41.4 Å². The van der Waals surface area contributed by atoms with Crippen LogP contribution in [0.3, 0.4) is 0 Å². The Morgan fingerprint density at radius 3 is 3.00 bits per heavy atom. The molecule has 1 heterocycles. The highest BCUT2D eigenvalue weighted by Gasteiger charge is 2.13. The second-order valence-electron chi connectivity index (χ2n) is 4.69. The molecule has 20 heavy (non-hydrogen) atoms. The highest BCUT2D eigenvalue weighted by atomic mass is 79.9. The molecule has 1 aromatic heterocycles. The quantitative estimate of drug-likeness (QED) is 0.881. The Bertz CT molecular complexity index is 615. The van der Waals surface area contributed by atoms with Crippen LogP contribution in [0.15, 0.2) is 34.9 Å². The number of rotatable bonds is 5. The average Bonchev–Trinajstić information content (AvgIpc) is 2.44. The van der Waals surface area contributed by atoms with E-state index < -0.39 is 0 Å². The molecule has 1 amide bonds. The number of halogens is 1. The van der Waals surface area contributed by atoms with Gasteiger partial charge in [0.15, 0.2) is 0 Å². The molecule has 1 atom stereocenters. The fourth-order valence-electron chi connectivity index (χ4n) is 1.95. The lowest BCUT2D eigenvalue weighted by Gasteiger charge is -2.16. The summed E-state index contributed by atoms with van der Waals surface area (Å²) in [4.78, 5) is 16.3. The Morgan fingerprint density at radius 1 is 1.45 bits per heavy atom. The molecule has 0 saturated heterocycles. The maximum atomic E-state index is 11.9. The van der Waals surface area contributed by atoms with Crippen LogP contribution in [-0.4, -0.2) is 23.5 Å². The molecule has 2 rings (SSSR count). The number of aromatic nitrogens is 1. The highest BCUT2D eigenvalue weighted by molar-refractivity contribution is 9.10. The summed E-state index contributed by atoms with van der Waals surface area (Å²) in [5, 5.41) is 7.14. The van der Waals surface area contributed by atoms with Gasteiger partial charge in [0.25, 0.3) is 0 Å². The van der Waals surface area contributed by atoms with Gasteiger partial charge >= 0.3 is 0 Å². The minimum absolute atomic E-state index is 0.000893. The summed E-state index contributed by atoms with van der Waals surface area (Å²) in [6.07, 6.45) is 2.69. The van der Waals surface area contributed by atoms with Crippen LogP contribution < -0.4 is 10.6 Å². The van der Waals surface area contributed by atoms with Gasteiger partial charge in [-0.3, -0.25) is 9.78 Å². The van der Waals surface area contributed by atoms with Crippen molar-refractivity contribution >= 4 is 38.4 Å². The number of nitrogens with zero attached hydrogens (tertiary/aromatic N) is 1. The monoisotopic (exact) mass is 335 g/mol. The summed E-state index contributed by atoms with van der Waals surface area (Å²) in [7, 11) is 0. The molecule has 4 nitrogen and oxygen atoms in total. The van der Waals surface area contributed by atoms with Crippen LogP contribution in [0.5, 0.6) is 0 Å². The molecule has 0 aliphatic rings. The first-order valence-corrected chi connectivity index (χ1v) is 7.49. The minimum atomic E-state index is -0.294. The van der Waals surface area contributed by atoms with E-state index in [1.807, 2.05) is 38.1 Å². The minimum Gasteiger partial charge on any atom is -0.372 e. The third kappa shape index (κ3) is 3.48. The summed E-state index contributed by atoms with van der Waals surface area (Å²) in [6.45, 7) is 4.58. The van der Waals surface area contributed by atoms with Crippen LogP contribution in [0, 0.1) is 0 Å². The van der Waals surface area contributed by atoms with Gasteiger partial charge in [-0.1, -0.05) is 19.1 Å². The normalized spacial score (nSPS) is 12.2. The number of nitrogens with one attached hydrogen (secondary N) is 2. The van der Waals surface area contributed by atoms with Crippen LogP contribution in [0.4, 0.5) is 5.69 Å². The summed E-state index contributed by atoms with van der Waals surface area (Å²) < 4.78 is 0.941. The van der Waals surface area contributed by atoms with Crippen LogP contribution in [0.1, 0.15) is 20.3 Å². The number of benzene rings is 1. The van der Waals surface area contributed by atoms with Crippen LogP contribution in [0.2, 0.25) is 0 Å². The zero-order chi connectivity index (χ0) is 14.5. The fraction of sp³-hybridized carbons (Fsp3) is 0.333. The Kier molecular flexibility index (Phi) is 4.95. The van der Waals surface area contributed by atoms with Gasteiger partial charge in [-0.2, -0.15) is 0 Å². The standard InChI is InChI=1S/C15H18BrN3O/c1-3-7-17-15(20)10(2)19-13-6-4-5-11-8-12(16)9-18-14(11)13/h4-6,8-10,19H,3,7H2,1-2H3,(H,17,20). The summed E-state index contributed by atoms with van der Waals surface area (Å²) in [5.74, 6) is 0.000893. The van der Waals surface area contributed by atoms with Gasteiger partial charge < -0.3 is 10.6 Å². The molecule has 0 saturated carbocycles. The number of anilines is 1. The van der Waals surface area contributed by atoms with Gasteiger partial charge in [-0.15, -0.1) is 0 Å². The molecule has 0 fully saturated rings. The van der Waals surface area contributed by atoms with Gasteiger partial charge in [-0.25, -0.2) is 0 Å². The lowest BCUT2D eigenvalue weighted by molar-refractivity contribution is -0.121. The van der Waals surface area contributed by atoms with E-state index in [2.05, 4.69) is 31.5 Å². The summed E-state index contributed by atoms with van der Waals surface area (Å²) >= 11 is 3.41. The molecule has 0 radical (unpaired) electrons. The van der Waals surface area contributed by atoms with E-state index in [-0.39, 0.29) is 11.9 Å². The van der Waals surface area contributed by atoms with Crippen molar-refractivity contribution in [2.75, 3.05) is 11.9 Å². The van der Waals surface area contributed by atoms with Gasteiger partial charge in [0, 0.05) is 22.6 Å². The number of amides is 1. The SMILES string of the molecule is CCCNC(=O)C(C)Nc1cccc2cc(Br)cnc12. The molecular formula is C15H18BrN3O. The number of carbonyl (C=O) groups is 1. The molecule has 106 valence electrons. The first kappa shape index (κ1) is 14.8. The van der Waals surface area contributed by atoms with Crippen LogP contribution in [-0.2, 0) is 4.79 Å². The van der Waals surface area contributed by atoms with Crippen molar-refractivity contribution in [1.29, 1.82) is 0 Å². The van der Waals surface area contributed by atoms with Crippen molar-refractivity contribution in [3.8, 4) is 0 Å². The van der Waals surface area contributed by atoms with E-state index in [4.69, 9.17) is 0 Å². The molecule has 0 aliphatic carbocycles. The number of fused-ring (bicyclic) bond motifs is 1. The number of hydrogen-bond acceptors (Lipinski definition) is 3. The number of hydrogen-bond donors (Lipinski definition) is 2. The molecule has 1 unspecified atom stereocenters. The van der Waals surface area contributed by atoms with Crippen molar-refractivity contribution in [1.82, 2.24) is 10.3 Å². The Labute approximate surface area is 127 Å². The fourth-order valence-corrected chi connectivity index (χ4v) is 2.30. The predicted molar refractivity (Wildman–Crippen MR) is 85.8 cm³/mol. The van der Waals surface area contributed by atoms with Crippen molar-refractivity contribution in [3.05, 3.63) is 34.9 Å². The zero-order valence-corrected chi connectivity index (χ0v) is 13.2. The van der Waals surface area contributed by atoms with Crippen LogP contribution in [0.25, 0.3) is 10.9 Å². The van der Waals surface area contributed by atoms with Crippen molar-refractivity contribution < 1.29 is 4.79 Å². The van der Waals surface area contributed by atoms with Crippen LogP contribution >= 0.6 is 15.9 Å². The van der Waals surface area contributed by atoms with Gasteiger partial charge in [0.1, 0.15) is 6.04 Å². The predicted octanol–water partition coefficient (Wildman–Crippen LogP) is 3.32. The molecule has 1 aromatic carbocycles. The lowest BCUT2D eigenvalue weighted by Crippen LogP contribution is -2.37. The third-order valence-corrected chi connectivity index (χ3v) is 3.43. The first-order valence-electron chi connectivity index (χ1n) is 6.70. The number of pyridine rings is 1. The Morgan fingerprint density at radius 2 is 2.25 bits per heavy atom. The van der Waals surface area contributed by atoms with E-state index in [1.165, 1.54) is 0 Å². The number of carbonyl (C=O) groups excluding carboxylic acids is 1. The topological polar surface area (TPSA) is 54.0 Å². The molecule has 0 bridgehead atoms. The zero-order valence-electron chi connectivity index (χ0n) is 11.6. The van der Waals surface area contributed by atoms with E-state index in [9.17, 15) is 4.79 Å².